The van der Waals surface area contributed by atoms with Crippen molar-refractivity contribution in [3.05, 3.63) is 74.7 Å². The highest BCUT2D eigenvalue weighted by atomic mass is 79.9. The number of hydrogen-bond donors (Lipinski definition) is 1. The van der Waals surface area contributed by atoms with Crippen LogP contribution in [0.25, 0.3) is 10.9 Å². The maximum absolute atomic E-state index is 12.6. The Morgan fingerprint density at radius 1 is 1.20 bits per heavy atom. The Hall–Kier alpha value is -2.47. The van der Waals surface area contributed by atoms with Gasteiger partial charge in [0, 0.05) is 4.47 Å². The molecule has 1 aromatic heterocycles. The normalized spacial score (nSPS) is 12.1. The van der Waals surface area contributed by atoms with E-state index in [4.69, 9.17) is 0 Å². The Labute approximate surface area is 153 Å². The predicted molar refractivity (Wildman–Crippen MR) is 101 cm³/mol. The first kappa shape index (κ1) is 17.4. The highest BCUT2D eigenvalue weighted by molar-refractivity contribution is 9.10. The summed E-state index contributed by atoms with van der Waals surface area (Å²) in [5, 5.41) is 3.44. The van der Waals surface area contributed by atoms with E-state index in [2.05, 4.69) is 26.2 Å². The largest absolute Gasteiger partial charge is 0.348 e. The third-order valence-corrected chi connectivity index (χ3v) is 4.63. The number of nitrogens with one attached hydrogen (secondary N) is 1. The summed E-state index contributed by atoms with van der Waals surface area (Å²) in [6.45, 7) is 3.60. The van der Waals surface area contributed by atoms with E-state index in [9.17, 15) is 9.59 Å². The molecule has 0 bridgehead atoms. The van der Waals surface area contributed by atoms with Crippen LogP contribution in [-0.2, 0) is 11.3 Å². The molecule has 0 aliphatic rings. The van der Waals surface area contributed by atoms with Gasteiger partial charge in [0.1, 0.15) is 12.4 Å². The Morgan fingerprint density at radius 3 is 2.60 bits per heavy atom. The van der Waals surface area contributed by atoms with E-state index in [1.165, 1.54) is 4.57 Å². The molecule has 1 atom stereocenters. The zero-order chi connectivity index (χ0) is 18.0. The van der Waals surface area contributed by atoms with Gasteiger partial charge in [0.25, 0.3) is 5.56 Å². The highest BCUT2D eigenvalue weighted by Crippen LogP contribution is 2.16. The zero-order valence-corrected chi connectivity index (χ0v) is 15.6. The van der Waals surface area contributed by atoms with Crippen LogP contribution >= 0.6 is 15.9 Å². The number of benzene rings is 2. The molecule has 0 saturated heterocycles. The van der Waals surface area contributed by atoms with Gasteiger partial charge in [-0.2, -0.15) is 0 Å². The first-order valence-corrected chi connectivity index (χ1v) is 8.76. The molecular weight excluding hydrogens is 382 g/mol. The Morgan fingerprint density at radius 2 is 1.88 bits per heavy atom. The second-order valence-electron chi connectivity index (χ2n) is 5.91. The Kier molecular flexibility index (Phi) is 4.99. The third-order valence-electron chi connectivity index (χ3n) is 4.10. The van der Waals surface area contributed by atoms with Crippen LogP contribution in [-0.4, -0.2) is 15.5 Å². The summed E-state index contributed by atoms with van der Waals surface area (Å²) >= 11 is 3.39. The van der Waals surface area contributed by atoms with Crippen molar-refractivity contribution in [1.82, 2.24) is 14.9 Å². The van der Waals surface area contributed by atoms with Crippen molar-refractivity contribution in [2.24, 2.45) is 0 Å². The number of hydrogen-bond acceptors (Lipinski definition) is 3. The van der Waals surface area contributed by atoms with Gasteiger partial charge in [0.05, 0.1) is 16.9 Å². The number of aromatic nitrogens is 2. The van der Waals surface area contributed by atoms with Crippen LogP contribution in [0.5, 0.6) is 0 Å². The van der Waals surface area contributed by atoms with Crippen molar-refractivity contribution in [1.29, 1.82) is 0 Å². The van der Waals surface area contributed by atoms with Crippen LogP contribution < -0.4 is 10.9 Å². The van der Waals surface area contributed by atoms with Crippen molar-refractivity contribution < 1.29 is 4.79 Å². The number of halogens is 1. The molecule has 6 heteroatoms. The van der Waals surface area contributed by atoms with Gasteiger partial charge in [-0.15, -0.1) is 0 Å². The molecule has 0 radical (unpaired) electrons. The molecular formula is C19H18BrN3O2. The first-order chi connectivity index (χ1) is 12.0. The van der Waals surface area contributed by atoms with Crippen LogP contribution in [0.3, 0.4) is 0 Å². The molecule has 0 spiro atoms. The van der Waals surface area contributed by atoms with Gasteiger partial charge in [0.15, 0.2) is 0 Å². The number of rotatable bonds is 4. The molecule has 3 rings (SSSR count). The molecule has 1 N–H and O–H groups in total. The van der Waals surface area contributed by atoms with Crippen LogP contribution in [0.15, 0.2) is 57.8 Å². The number of carbonyl (C=O) groups excluding carboxylic acids is 1. The summed E-state index contributed by atoms with van der Waals surface area (Å²) in [6, 6.07) is 14.8. The van der Waals surface area contributed by atoms with Gasteiger partial charge < -0.3 is 5.32 Å². The summed E-state index contributed by atoms with van der Waals surface area (Å²) in [6.07, 6.45) is 0. The molecule has 1 heterocycles. The van der Waals surface area contributed by atoms with E-state index in [1.807, 2.05) is 37.3 Å². The maximum Gasteiger partial charge on any atom is 0.261 e. The minimum absolute atomic E-state index is 0.0522. The van der Waals surface area contributed by atoms with E-state index in [0.29, 0.717) is 16.7 Å². The summed E-state index contributed by atoms with van der Waals surface area (Å²) in [5.41, 5.74) is 1.44. The van der Waals surface area contributed by atoms with Gasteiger partial charge in [0.2, 0.25) is 5.91 Å². The van der Waals surface area contributed by atoms with E-state index in [1.54, 1.807) is 25.1 Å². The van der Waals surface area contributed by atoms with E-state index in [-0.39, 0.29) is 24.1 Å². The average molecular weight is 400 g/mol. The topological polar surface area (TPSA) is 64.0 Å². The van der Waals surface area contributed by atoms with Crippen molar-refractivity contribution in [2.45, 2.75) is 26.4 Å². The Bertz CT molecular complexity index is 980. The molecule has 0 aliphatic heterocycles. The third kappa shape index (κ3) is 3.79. The lowest BCUT2D eigenvalue weighted by atomic mass is 10.1. The van der Waals surface area contributed by atoms with Crippen molar-refractivity contribution in [3.8, 4) is 0 Å². The standard InChI is InChI=1S/C19H18BrN3O2/c1-12(14-7-9-15(20)10-8-14)21-18(24)11-23-13(2)22-17-6-4-3-5-16(17)19(23)25/h3-10,12H,11H2,1-2H3,(H,21,24)/t12-/m0/s1. The molecule has 0 unspecified atom stereocenters. The second-order valence-corrected chi connectivity index (χ2v) is 6.82. The molecule has 5 nitrogen and oxygen atoms in total. The molecule has 0 aliphatic carbocycles. The first-order valence-electron chi connectivity index (χ1n) is 7.96. The molecule has 1 amide bonds. The average Bonchev–Trinajstić information content (AvgIpc) is 2.59. The van der Waals surface area contributed by atoms with Crippen molar-refractivity contribution in [2.75, 3.05) is 0 Å². The van der Waals surface area contributed by atoms with Gasteiger partial charge in [-0.1, -0.05) is 40.2 Å². The summed E-state index contributed by atoms with van der Waals surface area (Å²) in [7, 11) is 0. The second kappa shape index (κ2) is 7.19. The number of nitrogens with zero attached hydrogens (tertiary/aromatic N) is 2. The quantitative estimate of drug-likeness (QED) is 0.731. The fourth-order valence-electron chi connectivity index (χ4n) is 2.73. The van der Waals surface area contributed by atoms with E-state index >= 15 is 0 Å². The minimum atomic E-state index is -0.224. The number of aryl methyl sites for hydroxylation is 1. The number of fused-ring (bicyclic) bond motifs is 1. The van der Waals surface area contributed by atoms with Gasteiger partial charge in [-0.05, 0) is 43.7 Å². The summed E-state index contributed by atoms with van der Waals surface area (Å²) < 4.78 is 2.39. The fourth-order valence-corrected chi connectivity index (χ4v) is 3.00. The molecule has 25 heavy (non-hydrogen) atoms. The van der Waals surface area contributed by atoms with Crippen molar-refractivity contribution in [3.63, 3.8) is 0 Å². The monoisotopic (exact) mass is 399 g/mol. The number of amides is 1. The molecule has 0 fully saturated rings. The maximum atomic E-state index is 12.6. The molecule has 3 aromatic rings. The summed E-state index contributed by atoms with van der Waals surface area (Å²) in [4.78, 5) is 29.4. The van der Waals surface area contributed by atoms with Gasteiger partial charge in [-0.25, -0.2) is 4.98 Å². The van der Waals surface area contributed by atoms with Gasteiger partial charge >= 0.3 is 0 Å². The van der Waals surface area contributed by atoms with Crippen molar-refractivity contribution >= 4 is 32.7 Å². The highest BCUT2D eigenvalue weighted by Gasteiger charge is 2.14. The molecule has 0 saturated carbocycles. The lowest BCUT2D eigenvalue weighted by Gasteiger charge is -2.16. The Balaban J connectivity index is 1.80. The van der Waals surface area contributed by atoms with Gasteiger partial charge in [-0.3, -0.25) is 14.2 Å². The smallest absolute Gasteiger partial charge is 0.261 e. The minimum Gasteiger partial charge on any atom is -0.348 e. The predicted octanol–water partition coefficient (Wildman–Crippen LogP) is 3.34. The van der Waals surface area contributed by atoms with E-state index < -0.39 is 0 Å². The fraction of sp³-hybridized carbons (Fsp3) is 0.211. The van der Waals surface area contributed by atoms with Crippen LogP contribution in [0.2, 0.25) is 0 Å². The lowest BCUT2D eigenvalue weighted by Crippen LogP contribution is -2.35. The lowest BCUT2D eigenvalue weighted by molar-refractivity contribution is -0.122. The zero-order valence-electron chi connectivity index (χ0n) is 14.0. The number of carbonyl (C=O) groups is 1. The van der Waals surface area contributed by atoms with Crippen LogP contribution in [0.1, 0.15) is 24.4 Å². The van der Waals surface area contributed by atoms with E-state index in [0.717, 1.165) is 10.0 Å². The number of para-hydroxylation sites is 1. The van der Waals surface area contributed by atoms with Crippen LogP contribution in [0, 0.1) is 6.92 Å². The molecule has 128 valence electrons. The summed E-state index contributed by atoms with van der Waals surface area (Å²) in [5.74, 6) is 0.299. The SMILES string of the molecule is Cc1nc2ccccc2c(=O)n1CC(=O)N[C@@H](C)c1ccc(Br)cc1. The van der Waals surface area contributed by atoms with Crippen LogP contribution in [0.4, 0.5) is 0 Å². The molecule has 2 aromatic carbocycles.